The molecule has 1 heterocycles. The zero-order chi connectivity index (χ0) is 12.2. The van der Waals surface area contributed by atoms with Crippen molar-refractivity contribution in [3.05, 3.63) is 0 Å². The Hall–Kier alpha value is -0.700. The molecule has 1 unspecified atom stereocenters. The van der Waals surface area contributed by atoms with Crippen molar-refractivity contribution in [1.29, 1.82) is 0 Å². The molecule has 16 heavy (non-hydrogen) atoms. The van der Waals surface area contributed by atoms with Crippen LogP contribution in [0.2, 0.25) is 0 Å². The van der Waals surface area contributed by atoms with Gasteiger partial charge in [-0.05, 0) is 6.92 Å². The highest BCUT2D eigenvalue weighted by molar-refractivity contribution is 7.87. The molecule has 0 aromatic heterocycles. The molecular weight excluding hydrogens is 234 g/mol. The summed E-state index contributed by atoms with van der Waals surface area (Å²) in [5.41, 5.74) is 0. The van der Waals surface area contributed by atoms with Gasteiger partial charge in [-0.1, -0.05) is 0 Å². The number of rotatable bonds is 5. The fourth-order valence-corrected chi connectivity index (χ4v) is 2.80. The SMILES string of the molecule is COCCNS(=O)(=O)N1CCNC(=O)C1C. The van der Waals surface area contributed by atoms with Crippen LogP contribution in [0, 0.1) is 0 Å². The van der Waals surface area contributed by atoms with Crippen LogP contribution in [0.4, 0.5) is 0 Å². The predicted octanol–water partition coefficient (Wildman–Crippen LogP) is -1.71. The van der Waals surface area contributed by atoms with Gasteiger partial charge >= 0.3 is 0 Å². The summed E-state index contributed by atoms with van der Waals surface area (Å²) in [5, 5.41) is 2.60. The highest BCUT2D eigenvalue weighted by atomic mass is 32.2. The van der Waals surface area contributed by atoms with Gasteiger partial charge < -0.3 is 10.1 Å². The minimum Gasteiger partial charge on any atom is -0.383 e. The second kappa shape index (κ2) is 5.58. The average Bonchev–Trinajstić information content (AvgIpc) is 2.22. The van der Waals surface area contributed by atoms with Crippen LogP contribution in [-0.2, 0) is 19.7 Å². The van der Waals surface area contributed by atoms with Crippen molar-refractivity contribution in [2.24, 2.45) is 0 Å². The molecule has 0 aromatic carbocycles. The minimum absolute atomic E-state index is 0.198. The standard InChI is InChI=1S/C8H17N3O4S/c1-7-8(12)9-3-5-11(7)16(13,14)10-4-6-15-2/h7,10H,3-6H2,1-2H3,(H,9,12). The molecule has 0 aliphatic carbocycles. The Bertz CT molecular complexity index is 343. The predicted molar refractivity (Wildman–Crippen MR) is 58.0 cm³/mol. The lowest BCUT2D eigenvalue weighted by atomic mass is 10.2. The van der Waals surface area contributed by atoms with Crippen molar-refractivity contribution in [3.63, 3.8) is 0 Å². The van der Waals surface area contributed by atoms with Gasteiger partial charge in [0.2, 0.25) is 5.91 Å². The summed E-state index contributed by atoms with van der Waals surface area (Å²) in [6, 6.07) is -0.672. The van der Waals surface area contributed by atoms with E-state index in [1.54, 1.807) is 6.92 Å². The lowest BCUT2D eigenvalue weighted by molar-refractivity contribution is -0.126. The number of hydrogen-bond donors (Lipinski definition) is 2. The van der Waals surface area contributed by atoms with E-state index in [-0.39, 0.29) is 19.0 Å². The molecule has 1 aliphatic rings. The maximum Gasteiger partial charge on any atom is 0.280 e. The first-order chi connectivity index (χ1) is 7.49. The Morgan fingerprint density at radius 2 is 2.31 bits per heavy atom. The Kier molecular flexibility index (Phi) is 4.66. The number of methoxy groups -OCH3 is 1. The van der Waals surface area contributed by atoms with Crippen LogP contribution in [0.3, 0.4) is 0 Å². The summed E-state index contributed by atoms with van der Waals surface area (Å²) in [6.45, 7) is 2.69. The van der Waals surface area contributed by atoms with Crippen LogP contribution in [-0.4, -0.2) is 58.0 Å². The molecule has 1 saturated heterocycles. The van der Waals surface area contributed by atoms with Gasteiger partial charge in [0, 0.05) is 26.7 Å². The lowest BCUT2D eigenvalue weighted by Crippen LogP contribution is -2.58. The summed E-state index contributed by atoms with van der Waals surface area (Å²) >= 11 is 0. The Morgan fingerprint density at radius 3 is 2.94 bits per heavy atom. The fourth-order valence-electron chi connectivity index (χ4n) is 1.45. The van der Waals surface area contributed by atoms with E-state index in [2.05, 4.69) is 10.0 Å². The minimum atomic E-state index is -3.60. The van der Waals surface area contributed by atoms with Crippen molar-refractivity contribution in [1.82, 2.24) is 14.3 Å². The molecule has 0 bridgehead atoms. The first-order valence-corrected chi connectivity index (χ1v) is 6.46. The van der Waals surface area contributed by atoms with Crippen molar-refractivity contribution in [2.45, 2.75) is 13.0 Å². The maximum absolute atomic E-state index is 11.8. The van der Waals surface area contributed by atoms with Crippen LogP contribution in [0.15, 0.2) is 0 Å². The zero-order valence-electron chi connectivity index (χ0n) is 9.39. The Balaban J connectivity index is 2.63. The second-order valence-electron chi connectivity index (χ2n) is 3.47. The van der Waals surface area contributed by atoms with Crippen LogP contribution in [0.25, 0.3) is 0 Å². The van der Waals surface area contributed by atoms with Crippen LogP contribution in [0.5, 0.6) is 0 Å². The van der Waals surface area contributed by atoms with Gasteiger partial charge in [-0.2, -0.15) is 17.4 Å². The molecule has 1 atom stereocenters. The van der Waals surface area contributed by atoms with E-state index in [9.17, 15) is 13.2 Å². The van der Waals surface area contributed by atoms with E-state index < -0.39 is 16.3 Å². The maximum atomic E-state index is 11.8. The van der Waals surface area contributed by atoms with E-state index in [0.29, 0.717) is 13.2 Å². The first kappa shape index (κ1) is 13.4. The first-order valence-electron chi connectivity index (χ1n) is 5.02. The van der Waals surface area contributed by atoms with Gasteiger partial charge in [0.15, 0.2) is 0 Å². The number of piperazine rings is 1. The topological polar surface area (TPSA) is 87.7 Å². The molecule has 0 spiro atoms. The molecule has 1 rings (SSSR count). The smallest absolute Gasteiger partial charge is 0.280 e. The van der Waals surface area contributed by atoms with Gasteiger partial charge in [-0.25, -0.2) is 0 Å². The normalized spacial score (nSPS) is 23.1. The molecule has 1 amide bonds. The Morgan fingerprint density at radius 1 is 1.62 bits per heavy atom. The van der Waals surface area contributed by atoms with Crippen molar-refractivity contribution in [3.8, 4) is 0 Å². The van der Waals surface area contributed by atoms with Gasteiger partial charge in [0.05, 0.1) is 6.61 Å². The number of carbonyl (C=O) groups is 1. The third-order valence-electron chi connectivity index (χ3n) is 2.34. The van der Waals surface area contributed by atoms with Crippen LogP contribution in [0.1, 0.15) is 6.92 Å². The molecule has 0 aromatic rings. The number of hydrogen-bond acceptors (Lipinski definition) is 4. The van der Waals surface area contributed by atoms with E-state index in [4.69, 9.17) is 4.74 Å². The highest BCUT2D eigenvalue weighted by Crippen LogP contribution is 2.08. The molecule has 0 saturated carbocycles. The third-order valence-corrected chi connectivity index (χ3v) is 4.03. The van der Waals surface area contributed by atoms with Gasteiger partial charge in [-0.3, -0.25) is 4.79 Å². The molecule has 7 nitrogen and oxygen atoms in total. The molecular formula is C8H17N3O4S. The summed E-state index contributed by atoms with van der Waals surface area (Å²) < 4.78 is 31.9. The number of nitrogens with one attached hydrogen (secondary N) is 2. The largest absolute Gasteiger partial charge is 0.383 e. The monoisotopic (exact) mass is 251 g/mol. The van der Waals surface area contributed by atoms with E-state index in [1.165, 1.54) is 7.11 Å². The second-order valence-corrected chi connectivity index (χ2v) is 5.18. The third kappa shape index (κ3) is 3.14. The molecule has 1 aliphatic heterocycles. The van der Waals surface area contributed by atoms with Gasteiger partial charge in [0.25, 0.3) is 10.2 Å². The Labute approximate surface area is 95.3 Å². The highest BCUT2D eigenvalue weighted by Gasteiger charge is 2.33. The van der Waals surface area contributed by atoms with Crippen LogP contribution < -0.4 is 10.0 Å². The number of ether oxygens (including phenoxy) is 1. The summed E-state index contributed by atoms with van der Waals surface area (Å²) in [5.74, 6) is -0.275. The number of amides is 1. The molecule has 94 valence electrons. The van der Waals surface area contributed by atoms with Gasteiger partial charge in [-0.15, -0.1) is 0 Å². The summed E-state index contributed by atoms with van der Waals surface area (Å²) in [7, 11) is -2.10. The molecule has 2 N–H and O–H groups in total. The lowest BCUT2D eigenvalue weighted by Gasteiger charge is -2.31. The van der Waals surface area contributed by atoms with Crippen LogP contribution >= 0.6 is 0 Å². The van der Waals surface area contributed by atoms with E-state index in [0.717, 1.165) is 4.31 Å². The summed E-state index contributed by atoms with van der Waals surface area (Å²) in [6.07, 6.45) is 0. The quantitative estimate of drug-likeness (QED) is 0.569. The van der Waals surface area contributed by atoms with Crippen molar-refractivity contribution >= 4 is 16.1 Å². The van der Waals surface area contributed by atoms with Gasteiger partial charge in [0.1, 0.15) is 6.04 Å². The molecule has 1 fully saturated rings. The molecule has 8 heteroatoms. The van der Waals surface area contributed by atoms with Crippen molar-refractivity contribution < 1.29 is 17.9 Å². The average molecular weight is 251 g/mol. The van der Waals surface area contributed by atoms with E-state index in [1.807, 2.05) is 0 Å². The summed E-state index contributed by atoms with van der Waals surface area (Å²) in [4.78, 5) is 11.3. The fraction of sp³-hybridized carbons (Fsp3) is 0.875. The van der Waals surface area contributed by atoms with E-state index >= 15 is 0 Å². The zero-order valence-corrected chi connectivity index (χ0v) is 10.2. The number of nitrogens with zero attached hydrogens (tertiary/aromatic N) is 1. The van der Waals surface area contributed by atoms with Crippen molar-refractivity contribution in [2.75, 3.05) is 33.4 Å². The molecule has 0 radical (unpaired) electrons. The number of carbonyl (C=O) groups excluding carboxylic acids is 1.